The van der Waals surface area contributed by atoms with Gasteiger partial charge in [-0.05, 0) is 30.9 Å². The Labute approximate surface area is 107 Å². The van der Waals surface area contributed by atoms with E-state index in [1.807, 2.05) is 18.3 Å². The van der Waals surface area contributed by atoms with E-state index >= 15 is 0 Å². The number of aliphatic hydroxyl groups is 1. The van der Waals surface area contributed by atoms with Crippen molar-refractivity contribution < 1.29 is 5.11 Å². The zero-order chi connectivity index (χ0) is 12.4. The molecule has 3 nitrogen and oxygen atoms in total. The van der Waals surface area contributed by atoms with Crippen LogP contribution in [0.25, 0.3) is 10.9 Å². The number of fused-ring (bicyclic) bond motifs is 1. The molecule has 0 radical (unpaired) electrons. The zero-order valence-corrected chi connectivity index (χ0v) is 10.4. The van der Waals surface area contributed by atoms with Crippen LogP contribution < -0.4 is 4.90 Å². The number of anilines is 1. The van der Waals surface area contributed by atoms with Gasteiger partial charge in [0.15, 0.2) is 0 Å². The molecule has 1 N–H and O–H groups in total. The van der Waals surface area contributed by atoms with Gasteiger partial charge in [-0.25, -0.2) is 0 Å². The van der Waals surface area contributed by atoms with Gasteiger partial charge in [-0.3, -0.25) is 4.98 Å². The van der Waals surface area contributed by atoms with Crippen LogP contribution in [0.15, 0.2) is 36.5 Å². The van der Waals surface area contributed by atoms with Crippen molar-refractivity contribution in [2.24, 2.45) is 5.92 Å². The number of nitrogens with zero attached hydrogens (tertiary/aromatic N) is 2. The van der Waals surface area contributed by atoms with E-state index < -0.39 is 0 Å². The number of rotatable bonds is 2. The fourth-order valence-corrected chi connectivity index (χ4v) is 2.79. The Morgan fingerprint density at radius 2 is 2.17 bits per heavy atom. The van der Waals surface area contributed by atoms with Crippen LogP contribution in [0.4, 0.5) is 5.69 Å². The average Bonchev–Trinajstić information content (AvgIpc) is 2.47. The first-order valence-electron chi connectivity index (χ1n) is 6.58. The lowest BCUT2D eigenvalue weighted by Crippen LogP contribution is -2.36. The molecule has 0 aliphatic carbocycles. The second kappa shape index (κ2) is 4.94. The highest BCUT2D eigenvalue weighted by Gasteiger charge is 2.20. The molecule has 1 aromatic heterocycles. The molecule has 18 heavy (non-hydrogen) atoms. The predicted molar refractivity (Wildman–Crippen MR) is 73.8 cm³/mol. The lowest BCUT2D eigenvalue weighted by Gasteiger charge is -2.34. The van der Waals surface area contributed by atoms with Crippen LogP contribution in [-0.2, 0) is 0 Å². The van der Waals surface area contributed by atoms with Gasteiger partial charge in [0.05, 0.1) is 5.52 Å². The van der Waals surface area contributed by atoms with Crippen molar-refractivity contribution in [3.8, 4) is 0 Å². The normalized spacial score (nSPS) is 20.3. The van der Waals surface area contributed by atoms with Crippen molar-refractivity contribution in [3.63, 3.8) is 0 Å². The number of piperidine rings is 1. The quantitative estimate of drug-likeness (QED) is 0.878. The predicted octanol–water partition coefficient (Wildman–Crippen LogP) is 2.44. The average molecular weight is 242 g/mol. The summed E-state index contributed by atoms with van der Waals surface area (Å²) in [6.07, 6.45) is 4.16. The minimum atomic E-state index is 0.291. The van der Waals surface area contributed by atoms with Gasteiger partial charge >= 0.3 is 0 Å². The number of aromatic nitrogens is 1. The molecule has 3 heteroatoms. The number of pyridine rings is 1. The van der Waals surface area contributed by atoms with E-state index in [-0.39, 0.29) is 0 Å². The van der Waals surface area contributed by atoms with Crippen LogP contribution in [0.5, 0.6) is 0 Å². The summed E-state index contributed by atoms with van der Waals surface area (Å²) >= 11 is 0. The summed E-state index contributed by atoms with van der Waals surface area (Å²) in [7, 11) is 0. The molecule has 1 aliphatic rings. The fraction of sp³-hybridized carbons (Fsp3) is 0.400. The monoisotopic (exact) mass is 242 g/mol. The number of hydrogen-bond donors (Lipinski definition) is 1. The van der Waals surface area contributed by atoms with Gasteiger partial charge in [0, 0.05) is 37.0 Å². The third-order valence-corrected chi connectivity index (χ3v) is 3.74. The summed E-state index contributed by atoms with van der Waals surface area (Å²) in [5.41, 5.74) is 2.29. The summed E-state index contributed by atoms with van der Waals surface area (Å²) < 4.78 is 0. The molecular weight excluding hydrogens is 224 g/mol. The molecule has 0 amide bonds. The first-order chi connectivity index (χ1) is 8.88. The van der Waals surface area contributed by atoms with Crippen molar-refractivity contribution in [3.05, 3.63) is 36.5 Å². The van der Waals surface area contributed by atoms with Gasteiger partial charge in [-0.1, -0.05) is 18.2 Å². The van der Waals surface area contributed by atoms with Crippen LogP contribution in [-0.4, -0.2) is 29.8 Å². The SMILES string of the molecule is OCC1CCCN(c2ccnc3ccccc23)C1. The molecule has 0 bridgehead atoms. The van der Waals surface area contributed by atoms with E-state index in [4.69, 9.17) is 0 Å². The zero-order valence-electron chi connectivity index (χ0n) is 10.4. The molecule has 94 valence electrons. The number of benzene rings is 1. The summed E-state index contributed by atoms with van der Waals surface area (Å²) in [5.74, 6) is 0.408. The molecule has 3 rings (SSSR count). The third kappa shape index (κ3) is 2.06. The molecule has 2 heterocycles. The van der Waals surface area contributed by atoms with Gasteiger partial charge in [0.1, 0.15) is 0 Å². The molecule has 1 unspecified atom stereocenters. The number of aliphatic hydroxyl groups excluding tert-OH is 1. The Balaban J connectivity index is 1.98. The maximum atomic E-state index is 9.33. The summed E-state index contributed by atoms with van der Waals surface area (Å²) in [4.78, 5) is 6.78. The van der Waals surface area contributed by atoms with E-state index in [0.717, 1.165) is 31.4 Å². The topological polar surface area (TPSA) is 36.4 Å². The van der Waals surface area contributed by atoms with Gasteiger partial charge in [-0.15, -0.1) is 0 Å². The van der Waals surface area contributed by atoms with E-state index in [1.54, 1.807) is 0 Å². The van der Waals surface area contributed by atoms with Crippen molar-refractivity contribution in [2.45, 2.75) is 12.8 Å². The lowest BCUT2D eigenvalue weighted by atomic mass is 9.98. The molecular formula is C15H18N2O. The maximum Gasteiger partial charge on any atom is 0.0722 e. The Morgan fingerprint density at radius 1 is 1.28 bits per heavy atom. The smallest absolute Gasteiger partial charge is 0.0722 e. The van der Waals surface area contributed by atoms with Crippen LogP contribution in [0, 0.1) is 5.92 Å². The van der Waals surface area contributed by atoms with Crippen molar-refractivity contribution >= 4 is 16.6 Å². The molecule has 2 aromatic rings. The lowest BCUT2D eigenvalue weighted by molar-refractivity contribution is 0.209. The van der Waals surface area contributed by atoms with Crippen molar-refractivity contribution in [2.75, 3.05) is 24.6 Å². The summed E-state index contributed by atoms with van der Waals surface area (Å²) in [6.45, 7) is 2.31. The van der Waals surface area contributed by atoms with Crippen LogP contribution in [0.1, 0.15) is 12.8 Å². The minimum Gasteiger partial charge on any atom is -0.396 e. The molecule has 1 aromatic carbocycles. The molecule has 1 atom stereocenters. The molecule has 0 saturated carbocycles. The standard InChI is InChI=1S/C15H18N2O/c18-11-12-4-3-9-17(10-12)15-7-8-16-14-6-2-1-5-13(14)15/h1-2,5-8,12,18H,3-4,9-11H2. The van der Waals surface area contributed by atoms with Crippen molar-refractivity contribution in [1.29, 1.82) is 0 Å². The largest absolute Gasteiger partial charge is 0.396 e. The van der Waals surface area contributed by atoms with E-state index in [1.165, 1.54) is 11.1 Å². The Hall–Kier alpha value is -1.61. The van der Waals surface area contributed by atoms with Gasteiger partial charge < -0.3 is 10.0 Å². The molecule has 1 aliphatic heterocycles. The van der Waals surface area contributed by atoms with Crippen molar-refractivity contribution in [1.82, 2.24) is 4.98 Å². The van der Waals surface area contributed by atoms with E-state index in [9.17, 15) is 5.11 Å². The van der Waals surface area contributed by atoms with Gasteiger partial charge in [0.25, 0.3) is 0 Å². The summed E-state index contributed by atoms with van der Waals surface area (Å²) in [5, 5.41) is 10.5. The second-order valence-corrected chi connectivity index (χ2v) is 4.98. The first kappa shape index (κ1) is 11.5. The minimum absolute atomic E-state index is 0.291. The van der Waals surface area contributed by atoms with Gasteiger partial charge in [-0.2, -0.15) is 0 Å². The Bertz CT molecular complexity index is 536. The highest BCUT2D eigenvalue weighted by atomic mass is 16.3. The fourth-order valence-electron chi connectivity index (χ4n) is 2.79. The highest BCUT2D eigenvalue weighted by Crippen LogP contribution is 2.28. The first-order valence-corrected chi connectivity index (χ1v) is 6.58. The van der Waals surface area contributed by atoms with Crippen LogP contribution in [0.2, 0.25) is 0 Å². The molecule has 1 fully saturated rings. The number of hydrogen-bond acceptors (Lipinski definition) is 3. The number of para-hydroxylation sites is 1. The summed E-state index contributed by atoms with van der Waals surface area (Å²) in [6, 6.07) is 10.3. The second-order valence-electron chi connectivity index (χ2n) is 4.98. The van der Waals surface area contributed by atoms with Gasteiger partial charge in [0.2, 0.25) is 0 Å². The van der Waals surface area contributed by atoms with E-state index in [0.29, 0.717) is 12.5 Å². The Morgan fingerprint density at radius 3 is 3.06 bits per heavy atom. The maximum absolute atomic E-state index is 9.33. The Kier molecular flexibility index (Phi) is 3.15. The molecule has 1 saturated heterocycles. The van der Waals surface area contributed by atoms with Crippen LogP contribution >= 0.6 is 0 Å². The van der Waals surface area contributed by atoms with Crippen LogP contribution in [0.3, 0.4) is 0 Å². The van der Waals surface area contributed by atoms with E-state index in [2.05, 4.69) is 28.1 Å². The third-order valence-electron chi connectivity index (χ3n) is 3.74. The highest BCUT2D eigenvalue weighted by molar-refractivity contribution is 5.91. The molecule has 0 spiro atoms.